The number of sulfonamides is 1. The van der Waals surface area contributed by atoms with Crippen LogP contribution in [0.15, 0.2) is 47.4 Å². The molecule has 0 aliphatic heterocycles. The second-order valence-corrected chi connectivity index (χ2v) is 7.69. The molecule has 2 N–H and O–H groups in total. The normalized spacial score (nSPS) is 11.1. The number of hydrogen-bond donors (Lipinski definition) is 2. The van der Waals surface area contributed by atoms with E-state index in [1.807, 2.05) is 0 Å². The fraction of sp³-hybridized carbons (Fsp3) is 0.263. The third-order valence-corrected chi connectivity index (χ3v) is 5.37. The van der Waals surface area contributed by atoms with Gasteiger partial charge >= 0.3 is 12.6 Å². The molecule has 0 saturated heterocycles. The zero-order chi connectivity index (χ0) is 23.0. The molecule has 31 heavy (non-hydrogen) atoms. The van der Waals surface area contributed by atoms with E-state index in [0.29, 0.717) is 0 Å². The summed E-state index contributed by atoms with van der Waals surface area (Å²) in [7, 11) is -1.52. The lowest BCUT2D eigenvalue weighted by Gasteiger charge is -2.15. The molecular weight excluding hydrogens is 438 g/mol. The van der Waals surface area contributed by atoms with Crippen LogP contribution in [0.5, 0.6) is 11.5 Å². The summed E-state index contributed by atoms with van der Waals surface area (Å²) >= 11 is 0. The van der Waals surface area contributed by atoms with Gasteiger partial charge in [-0.15, -0.1) is 0 Å². The summed E-state index contributed by atoms with van der Waals surface area (Å²) in [4.78, 5) is 24.3. The Bertz CT molecular complexity index is 1030. The summed E-state index contributed by atoms with van der Waals surface area (Å²) in [5.74, 6) is -2.13. The standard InChI is InChI=1S/C19H20F2N2O7S/c1-28-15-10-13(18(25)29-2)14(11-16(15)30-19(20)21)23-17(24)8-9-22-31(26,27)12-6-4-3-5-7-12/h3-7,10-11,19,22H,8-9H2,1-2H3,(H,23,24). The lowest BCUT2D eigenvalue weighted by atomic mass is 10.1. The van der Waals surface area contributed by atoms with Gasteiger partial charge in [0.2, 0.25) is 15.9 Å². The van der Waals surface area contributed by atoms with Crippen molar-refractivity contribution in [3.8, 4) is 11.5 Å². The molecule has 0 heterocycles. The quantitative estimate of drug-likeness (QED) is 0.525. The largest absolute Gasteiger partial charge is 0.493 e. The lowest BCUT2D eigenvalue weighted by molar-refractivity contribution is -0.116. The Balaban J connectivity index is 2.14. The molecular formula is C19H20F2N2O7S. The van der Waals surface area contributed by atoms with Crippen LogP contribution in [-0.4, -0.2) is 47.7 Å². The SMILES string of the molecule is COC(=O)c1cc(OC)c(OC(F)F)cc1NC(=O)CCNS(=O)(=O)c1ccccc1. The predicted octanol–water partition coefficient (Wildman–Crippen LogP) is 2.39. The molecule has 0 radical (unpaired) electrons. The molecule has 0 bridgehead atoms. The van der Waals surface area contributed by atoms with Crippen LogP contribution >= 0.6 is 0 Å². The highest BCUT2D eigenvalue weighted by molar-refractivity contribution is 7.89. The van der Waals surface area contributed by atoms with Crippen molar-refractivity contribution in [3.63, 3.8) is 0 Å². The van der Waals surface area contributed by atoms with Gasteiger partial charge in [-0.25, -0.2) is 17.9 Å². The van der Waals surface area contributed by atoms with E-state index in [4.69, 9.17) is 4.74 Å². The van der Waals surface area contributed by atoms with Crippen LogP contribution in [0.2, 0.25) is 0 Å². The maximum Gasteiger partial charge on any atom is 0.387 e. The molecule has 2 aromatic carbocycles. The molecule has 2 aromatic rings. The van der Waals surface area contributed by atoms with Gasteiger partial charge in [-0.3, -0.25) is 4.79 Å². The lowest BCUT2D eigenvalue weighted by Crippen LogP contribution is -2.28. The van der Waals surface area contributed by atoms with Gasteiger partial charge < -0.3 is 19.5 Å². The van der Waals surface area contributed by atoms with Crippen LogP contribution in [0.1, 0.15) is 16.8 Å². The summed E-state index contributed by atoms with van der Waals surface area (Å²) in [6.07, 6.45) is -0.302. The average Bonchev–Trinajstić information content (AvgIpc) is 2.73. The van der Waals surface area contributed by atoms with Crippen molar-refractivity contribution in [1.82, 2.24) is 4.72 Å². The molecule has 1 amide bonds. The van der Waals surface area contributed by atoms with E-state index in [2.05, 4.69) is 19.5 Å². The van der Waals surface area contributed by atoms with E-state index in [-0.39, 0.29) is 34.9 Å². The Morgan fingerprint density at radius 3 is 2.32 bits per heavy atom. The molecule has 0 saturated carbocycles. The number of carbonyl (C=O) groups excluding carboxylic acids is 2. The number of anilines is 1. The minimum atomic E-state index is -3.81. The fourth-order valence-corrected chi connectivity index (χ4v) is 3.54. The van der Waals surface area contributed by atoms with Gasteiger partial charge in [-0.05, 0) is 12.1 Å². The molecule has 0 aliphatic carbocycles. The van der Waals surface area contributed by atoms with Gasteiger partial charge in [0.1, 0.15) is 0 Å². The maximum atomic E-state index is 12.7. The first kappa shape index (κ1) is 24.0. The predicted molar refractivity (Wildman–Crippen MR) is 106 cm³/mol. The van der Waals surface area contributed by atoms with E-state index < -0.39 is 34.3 Å². The Morgan fingerprint density at radius 1 is 1.06 bits per heavy atom. The van der Waals surface area contributed by atoms with Crippen molar-refractivity contribution >= 4 is 27.6 Å². The van der Waals surface area contributed by atoms with Crippen LogP contribution < -0.4 is 19.5 Å². The zero-order valence-corrected chi connectivity index (χ0v) is 17.4. The van der Waals surface area contributed by atoms with Crippen molar-refractivity contribution in [3.05, 3.63) is 48.0 Å². The van der Waals surface area contributed by atoms with Gasteiger partial charge in [-0.2, -0.15) is 8.78 Å². The number of amides is 1. The second-order valence-electron chi connectivity index (χ2n) is 5.93. The first-order valence-corrected chi connectivity index (χ1v) is 10.3. The van der Waals surface area contributed by atoms with E-state index >= 15 is 0 Å². The number of hydrogen-bond acceptors (Lipinski definition) is 7. The highest BCUT2D eigenvalue weighted by Gasteiger charge is 2.21. The number of ether oxygens (including phenoxy) is 3. The second kappa shape index (κ2) is 10.7. The first-order valence-electron chi connectivity index (χ1n) is 8.77. The minimum absolute atomic E-state index is 0.0346. The third kappa shape index (κ3) is 6.62. The number of esters is 1. The van der Waals surface area contributed by atoms with E-state index in [1.54, 1.807) is 18.2 Å². The van der Waals surface area contributed by atoms with Crippen molar-refractivity contribution in [2.45, 2.75) is 17.9 Å². The van der Waals surface area contributed by atoms with Crippen LogP contribution in [0.3, 0.4) is 0 Å². The van der Waals surface area contributed by atoms with Crippen molar-refractivity contribution < 1.29 is 41.0 Å². The van der Waals surface area contributed by atoms with Crippen molar-refractivity contribution in [2.24, 2.45) is 0 Å². The highest BCUT2D eigenvalue weighted by atomic mass is 32.2. The first-order chi connectivity index (χ1) is 14.7. The van der Waals surface area contributed by atoms with E-state index in [1.165, 1.54) is 19.2 Å². The van der Waals surface area contributed by atoms with Crippen molar-refractivity contribution in [1.29, 1.82) is 0 Å². The number of alkyl halides is 2. The molecule has 12 heteroatoms. The minimum Gasteiger partial charge on any atom is -0.493 e. The van der Waals surface area contributed by atoms with Crippen LogP contribution in [-0.2, 0) is 19.6 Å². The van der Waals surface area contributed by atoms with Crippen molar-refractivity contribution in [2.75, 3.05) is 26.1 Å². The van der Waals surface area contributed by atoms with Crippen LogP contribution in [0, 0.1) is 0 Å². The molecule has 0 fully saturated rings. The summed E-state index contributed by atoms with van der Waals surface area (Å²) in [6.45, 7) is -3.42. The average molecular weight is 458 g/mol. The number of methoxy groups -OCH3 is 2. The van der Waals surface area contributed by atoms with E-state index in [0.717, 1.165) is 19.2 Å². The fourth-order valence-electron chi connectivity index (χ4n) is 2.48. The molecule has 168 valence electrons. The topological polar surface area (TPSA) is 120 Å². The Kier molecular flexibility index (Phi) is 8.28. The Hall–Kier alpha value is -3.25. The Labute approximate surface area is 177 Å². The highest BCUT2D eigenvalue weighted by Crippen LogP contribution is 2.35. The molecule has 0 aliphatic rings. The summed E-state index contributed by atoms with van der Waals surface area (Å²) in [5.41, 5.74) is -0.335. The van der Waals surface area contributed by atoms with Gasteiger partial charge in [0.15, 0.2) is 11.5 Å². The molecule has 0 unspecified atom stereocenters. The zero-order valence-electron chi connectivity index (χ0n) is 16.6. The molecule has 2 rings (SSSR count). The number of halogens is 2. The molecule has 0 aromatic heterocycles. The monoisotopic (exact) mass is 458 g/mol. The smallest absolute Gasteiger partial charge is 0.387 e. The Morgan fingerprint density at radius 2 is 1.74 bits per heavy atom. The van der Waals surface area contributed by atoms with Gasteiger partial charge in [0.05, 0.1) is 30.4 Å². The van der Waals surface area contributed by atoms with E-state index in [9.17, 15) is 26.8 Å². The number of rotatable bonds is 10. The molecule has 0 spiro atoms. The maximum absolute atomic E-state index is 12.7. The number of carbonyl (C=O) groups is 2. The number of nitrogens with one attached hydrogen (secondary N) is 2. The molecule has 0 atom stereocenters. The summed E-state index contributed by atoms with van der Waals surface area (Å²) in [5, 5.41) is 2.36. The summed E-state index contributed by atoms with van der Waals surface area (Å²) in [6, 6.07) is 9.63. The van der Waals surface area contributed by atoms with Gasteiger partial charge in [0, 0.05) is 25.1 Å². The van der Waals surface area contributed by atoms with Crippen LogP contribution in [0.25, 0.3) is 0 Å². The number of benzene rings is 2. The molecule has 9 nitrogen and oxygen atoms in total. The van der Waals surface area contributed by atoms with Crippen LogP contribution in [0.4, 0.5) is 14.5 Å². The van der Waals surface area contributed by atoms with Gasteiger partial charge in [-0.1, -0.05) is 18.2 Å². The van der Waals surface area contributed by atoms with Gasteiger partial charge in [0.25, 0.3) is 0 Å². The third-order valence-electron chi connectivity index (χ3n) is 3.90. The summed E-state index contributed by atoms with van der Waals surface area (Å²) < 4.78 is 65.8.